The first-order chi connectivity index (χ1) is 6.20. The molecule has 0 radical (unpaired) electrons. The van der Waals surface area contributed by atoms with Crippen LogP contribution in [0.25, 0.3) is 0 Å². The fourth-order valence-electron chi connectivity index (χ4n) is 1.88. The largest absolute Gasteiger partial charge is 0.324 e. The molecule has 0 aromatic heterocycles. The highest BCUT2D eigenvalue weighted by Gasteiger charge is 2.20. The van der Waals surface area contributed by atoms with Gasteiger partial charge in [-0.1, -0.05) is 29.3 Å². The molecule has 13 heavy (non-hydrogen) atoms. The molecule has 1 aliphatic rings. The maximum Gasteiger partial charge on any atom is 0.0642 e. The maximum atomic E-state index is 6.09. The molecular formula is C10H11Cl2N. The molecule has 0 amide bonds. The zero-order valence-corrected chi connectivity index (χ0v) is 8.70. The molecule has 3 heteroatoms. The Hall–Kier alpha value is -0.240. The number of halogens is 2. The average Bonchev–Trinajstić information content (AvgIpc) is 2.12. The van der Waals surface area contributed by atoms with Gasteiger partial charge in [0.1, 0.15) is 0 Å². The van der Waals surface area contributed by atoms with Crippen LogP contribution in [0.3, 0.4) is 0 Å². The summed E-state index contributed by atoms with van der Waals surface area (Å²) in [6, 6.07) is 3.94. The van der Waals surface area contributed by atoms with Crippen LogP contribution >= 0.6 is 23.2 Å². The van der Waals surface area contributed by atoms with Gasteiger partial charge in [0.15, 0.2) is 0 Å². The molecule has 2 rings (SSSR count). The van der Waals surface area contributed by atoms with E-state index in [1.807, 2.05) is 12.1 Å². The molecule has 1 aromatic carbocycles. The lowest BCUT2D eigenvalue weighted by atomic mass is 9.88. The topological polar surface area (TPSA) is 26.0 Å². The quantitative estimate of drug-likeness (QED) is 0.707. The number of aryl methyl sites for hydroxylation is 1. The smallest absolute Gasteiger partial charge is 0.0642 e. The Morgan fingerprint density at radius 1 is 1.31 bits per heavy atom. The maximum absolute atomic E-state index is 6.09. The number of hydrogen-bond donors (Lipinski definition) is 1. The van der Waals surface area contributed by atoms with E-state index in [2.05, 4.69) is 0 Å². The molecule has 2 N–H and O–H groups in total. The third kappa shape index (κ3) is 1.56. The van der Waals surface area contributed by atoms with E-state index < -0.39 is 0 Å². The number of rotatable bonds is 0. The van der Waals surface area contributed by atoms with E-state index in [0.29, 0.717) is 10.0 Å². The van der Waals surface area contributed by atoms with Crippen molar-refractivity contribution in [3.05, 3.63) is 33.3 Å². The Balaban J connectivity index is 2.58. The van der Waals surface area contributed by atoms with Crippen LogP contribution in [0.4, 0.5) is 0 Å². The van der Waals surface area contributed by atoms with Crippen LogP contribution in [0.15, 0.2) is 12.1 Å². The van der Waals surface area contributed by atoms with Crippen molar-refractivity contribution in [2.24, 2.45) is 5.73 Å². The lowest BCUT2D eigenvalue weighted by Gasteiger charge is -2.23. The summed E-state index contributed by atoms with van der Waals surface area (Å²) in [4.78, 5) is 0. The predicted molar refractivity (Wildman–Crippen MR) is 56.3 cm³/mol. The van der Waals surface area contributed by atoms with Crippen molar-refractivity contribution in [1.29, 1.82) is 0 Å². The van der Waals surface area contributed by atoms with E-state index in [4.69, 9.17) is 28.9 Å². The van der Waals surface area contributed by atoms with E-state index in [1.54, 1.807) is 0 Å². The first-order valence-corrected chi connectivity index (χ1v) is 5.18. The summed E-state index contributed by atoms with van der Waals surface area (Å²) in [7, 11) is 0. The lowest BCUT2D eigenvalue weighted by Crippen LogP contribution is -2.17. The highest BCUT2D eigenvalue weighted by Crippen LogP contribution is 2.37. The van der Waals surface area contributed by atoms with E-state index in [0.717, 1.165) is 24.8 Å². The summed E-state index contributed by atoms with van der Waals surface area (Å²) < 4.78 is 0. The van der Waals surface area contributed by atoms with Gasteiger partial charge in [0.25, 0.3) is 0 Å². The van der Waals surface area contributed by atoms with Gasteiger partial charge < -0.3 is 5.73 Å². The van der Waals surface area contributed by atoms with Gasteiger partial charge in [-0.15, -0.1) is 0 Å². The Labute approximate surface area is 87.8 Å². The summed E-state index contributed by atoms with van der Waals surface area (Å²) in [6.45, 7) is 0. The lowest BCUT2D eigenvalue weighted by molar-refractivity contribution is 0.571. The van der Waals surface area contributed by atoms with Crippen molar-refractivity contribution in [2.75, 3.05) is 0 Å². The second-order valence-corrected chi connectivity index (χ2v) is 4.22. The molecule has 0 saturated heterocycles. The molecule has 1 aliphatic carbocycles. The van der Waals surface area contributed by atoms with Crippen molar-refractivity contribution in [3.63, 3.8) is 0 Å². The minimum Gasteiger partial charge on any atom is -0.324 e. The zero-order chi connectivity index (χ0) is 9.42. The zero-order valence-electron chi connectivity index (χ0n) is 7.19. The summed E-state index contributed by atoms with van der Waals surface area (Å²) in [5, 5.41) is 1.25. The van der Waals surface area contributed by atoms with Crippen LogP contribution in [0.1, 0.15) is 30.0 Å². The minimum absolute atomic E-state index is 0.0648. The van der Waals surface area contributed by atoms with Gasteiger partial charge in [-0.3, -0.25) is 0 Å². The summed E-state index contributed by atoms with van der Waals surface area (Å²) in [5.41, 5.74) is 8.29. The molecule has 0 heterocycles. The molecule has 1 nitrogen and oxygen atoms in total. The van der Waals surface area contributed by atoms with Gasteiger partial charge in [0, 0.05) is 6.04 Å². The minimum atomic E-state index is 0.0648. The van der Waals surface area contributed by atoms with E-state index >= 15 is 0 Å². The second kappa shape index (κ2) is 3.49. The number of hydrogen-bond acceptors (Lipinski definition) is 1. The van der Waals surface area contributed by atoms with Crippen LogP contribution in [-0.4, -0.2) is 0 Å². The molecule has 0 aliphatic heterocycles. The Bertz CT molecular complexity index is 336. The predicted octanol–water partition coefficient (Wildman–Crippen LogP) is 3.33. The van der Waals surface area contributed by atoms with Crippen LogP contribution < -0.4 is 5.73 Å². The fraction of sp³-hybridized carbons (Fsp3) is 0.400. The molecular weight excluding hydrogens is 205 g/mol. The van der Waals surface area contributed by atoms with Crippen molar-refractivity contribution >= 4 is 23.2 Å². The molecule has 0 unspecified atom stereocenters. The normalized spacial score (nSPS) is 21.3. The number of benzene rings is 1. The number of nitrogens with two attached hydrogens (primary N) is 1. The molecule has 0 spiro atoms. The standard InChI is InChI=1S/C10H11Cl2N/c11-7-5-4-6-2-1-3-8(13)9(6)10(7)12/h4-5,8H,1-3,13H2/t8-/m0/s1. The second-order valence-electron chi connectivity index (χ2n) is 3.43. The van der Waals surface area contributed by atoms with Gasteiger partial charge in [0.2, 0.25) is 0 Å². The summed E-state index contributed by atoms with van der Waals surface area (Å²) in [6.07, 6.45) is 3.22. The third-order valence-electron chi connectivity index (χ3n) is 2.55. The van der Waals surface area contributed by atoms with Crippen LogP contribution in [0.2, 0.25) is 10.0 Å². The molecule has 0 saturated carbocycles. The van der Waals surface area contributed by atoms with E-state index in [1.165, 1.54) is 5.56 Å². The molecule has 1 aromatic rings. The van der Waals surface area contributed by atoms with Crippen molar-refractivity contribution in [1.82, 2.24) is 0 Å². The highest BCUT2D eigenvalue weighted by molar-refractivity contribution is 6.42. The fourth-order valence-corrected chi connectivity index (χ4v) is 2.37. The van der Waals surface area contributed by atoms with Crippen LogP contribution in [-0.2, 0) is 6.42 Å². The molecule has 0 fully saturated rings. The molecule has 0 bridgehead atoms. The molecule has 1 atom stereocenters. The Kier molecular flexibility index (Phi) is 2.50. The summed E-state index contributed by atoms with van der Waals surface area (Å²) >= 11 is 12.0. The van der Waals surface area contributed by atoms with Crippen molar-refractivity contribution < 1.29 is 0 Å². The monoisotopic (exact) mass is 215 g/mol. The SMILES string of the molecule is N[C@H]1CCCc2ccc(Cl)c(Cl)c21. The first kappa shape index (κ1) is 9.32. The Morgan fingerprint density at radius 3 is 2.85 bits per heavy atom. The highest BCUT2D eigenvalue weighted by atomic mass is 35.5. The van der Waals surface area contributed by atoms with Gasteiger partial charge in [-0.2, -0.15) is 0 Å². The number of fused-ring (bicyclic) bond motifs is 1. The van der Waals surface area contributed by atoms with Crippen molar-refractivity contribution in [3.8, 4) is 0 Å². The first-order valence-electron chi connectivity index (χ1n) is 4.42. The van der Waals surface area contributed by atoms with E-state index in [9.17, 15) is 0 Å². The summed E-state index contributed by atoms with van der Waals surface area (Å²) in [5.74, 6) is 0. The average molecular weight is 216 g/mol. The van der Waals surface area contributed by atoms with E-state index in [-0.39, 0.29) is 6.04 Å². The van der Waals surface area contributed by atoms with Crippen molar-refractivity contribution in [2.45, 2.75) is 25.3 Å². The van der Waals surface area contributed by atoms with Gasteiger partial charge in [0.05, 0.1) is 10.0 Å². The van der Waals surface area contributed by atoms with Gasteiger partial charge in [-0.25, -0.2) is 0 Å². The third-order valence-corrected chi connectivity index (χ3v) is 3.37. The van der Waals surface area contributed by atoms with Crippen LogP contribution in [0, 0.1) is 0 Å². The molecule has 70 valence electrons. The van der Waals surface area contributed by atoms with Gasteiger partial charge in [-0.05, 0) is 36.5 Å². The van der Waals surface area contributed by atoms with Gasteiger partial charge >= 0.3 is 0 Å². The Morgan fingerprint density at radius 2 is 2.08 bits per heavy atom. The van der Waals surface area contributed by atoms with Crippen LogP contribution in [0.5, 0.6) is 0 Å².